The molecule has 1 fully saturated rings. The van der Waals surface area contributed by atoms with Gasteiger partial charge < -0.3 is 14.8 Å². The fourth-order valence-electron chi connectivity index (χ4n) is 1.30. The van der Waals surface area contributed by atoms with Gasteiger partial charge in [-0.25, -0.2) is 0 Å². The fraction of sp³-hybridized carbons (Fsp3) is 0.800. The quantitative estimate of drug-likeness (QED) is 0.524. The van der Waals surface area contributed by atoms with Crippen molar-refractivity contribution in [2.75, 3.05) is 20.3 Å². The van der Waals surface area contributed by atoms with E-state index in [-0.39, 0.29) is 24.7 Å². The molecule has 1 aliphatic rings. The van der Waals surface area contributed by atoms with Crippen LogP contribution in [0.15, 0.2) is 0 Å². The van der Waals surface area contributed by atoms with Gasteiger partial charge in [-0.05, 0) is 20.8 Å². The van der Waals surface area contributed by atoms with Gasteiger partial charge in [0.25, 0.3) is 0 Å². The number of hydrogen-bond donors (Lipinski definition) is 1. The van der Waals surface area contributed by atoms with Crippen molar-refractivity contribution in [3.8, 4) is 0 Å². The molecule has 5 nitrogen and oxygen atoms in total. The van der Waals surface area contributed by atoms with Gasteiger partial charge >= 0.3 is 5.97 Å². The normalized spacial score (nSPS) is 18.9. The van der Waals surface area contributed by atoms with Gasteiger partial charge in [-0.1, -0.05) is 0 Å². The average molecular weight is 215 g/mol. The van der Waals surface area contributed by atoms with Crippen molar-refractivity contribution in [3.63, 3.8) is 0 Å². The van der Waals surface area contributed by atoms with Gasteiger partial charge in [-0.3, -0.25) is 9.59 Å². The summed E-state index contributed by atoms with van der Waals surface area (Å²) in [6, 6.07) is 0. The Labute approximate surface area is 89.1 Å². The number of esters is 1. The van der Waals surface area contributed by atoms with Crippen molar-refractivity contribution < 1.29 is 19.1 Å². The maximum Gasteiger partial charge on any atom is 0.326 e. The lowest BCUT2D eigenvalue weighted by Crippen LogP contribution is -2.62. The first-order valence-electron chi connectivity index (χ1n) is 4.81. The van der Waals surface area contributed by atoms with Gasteiger partial charge in [0, 0.05) is 5.54 Å². The summed E-state index contributed by atoms with van der Waals surface area (Å²) in [6.07, 6.45) is 0. The highest BCUT2D eigenvalue weighted by Gasteiger charge is 2.54. The second kappa shape index (κ2) is 3.81. The number of hydrogen-bond acceptors (Lipinski definition) is 4. The molecule has 0 aromatic rings. The van der Waals surface area contributed by atoms with Crippen LogP contribution in [-0.2, 0) is 19.1 Å². The zero-order chi connectivity index (χ0) is 11.7. The first-order chi connectivity index (χ1) is 6.82. The molecule has 0 spiro atoms. The van der Waals surface area contributed by atoms with Crippen LogP contribution in [0.1, 0.15) is 20.8 Å². The SMILES string of the molecule is COC(=O)C1(C(=O)NC(C)(C)C)COC1. The summed E-state index contributed by atoms with van der Waals surface area (Å²) in [5.74, 6) is -0.858. The fourth-order valence-corrected chi connectivity index (χ4v) is 1.30. The molecule has 0 atom stereocenters. The first-order valence-corrected chi connectivity index (χ1v) is 4.81. The van der Waals surface area contributed by atoms with Gasteiger partial charge in [0.1, 0.15) is 0 Å². The lowest BCUT2D eigenvalue weighted by molar-refractivity contribution is -0.188. The molecule has 0 unspecified atom stereocenters. The van der Waals surface area contributed by atoms with Crippen LogP contribution in [0.3, 0.4) is 0 Å². The summed E-state index contributed by atoms with van der Waals surface area (Å²) in [5.41, 5.74) is -1.50. The van der Waals surface area contributed by atoms with Gasteiger partial charge in [-0.2, -0.15) is 0 Å². The molecule has 1 saturated heterocycles. The Bertz CT molecular complexity index is 276. The molecule has 0 aliphatic carbocycles. The van der Waals surface area contributed by atoms with Crippen molar-refractivity contribution in [2.24, 2.45) is 5.41 Å². The Morgan fingerprint density at radius 1 is 1.33 bits per heavy atom. The van der Waals surface area contributed by atoms with Crippen molar-refractivity contribution in [3.05, 3.63) is 0 Å². The van der Waals surface area contributed by atoms with E-state index in [0.29, 0.717) is 0 Å². The van der Waals surface area contributed by atoms with E-state index in [2.05, 4.69) is 10.1 Å². The minimum atomic E-state index is -1.14. The minimum Gasteiger partial charge on any atom is -0.468 e. The van der Waals surface area contributed by atoms with E-state index in [1.54, 1.807) is 0 Å². The molecule has 0 aromatic carbocycles. The monoisotopic (exact) mass is 215 g/mol. The summed E-state index contributed by atoms with van der Waals surface area (Å²) in [4.78, 5) is 23.4. The molecule has 1 N–H and O–H groups in total. The number of carbonyl (C=O) groups excluding carboxylic acids is 2. The smallest absolute Gasteiger partial charge is 0.326 e. The minimum absolute atomic E-state index is 0.0988. The number of ether oxygens (including phenoxy) is 2. The van der Waals surface area contributed by atoms with E-state index in [9.17, 15) is 9.59 Å². The highest BCUT2D eigenvalue weighted by Crippen LogP contribution is 2.29. The molecule has 0 radical (unpaired) electrons. The van der Waals surface area contributed by atoms with Crippen LogP contribution in [0.4, 0.5) is 0 Å². The zero-order valence-corrected chi connectivity index (χ0v) is 9.55. The lowest BCUT2D eigenvalue weighted by atomic mass is 9.84. The summed E-state index contributed by atoms with van der Waals surface area (Å²) in [7, 11) is 1.27. The lowest BCUT2D eigenvalue weighted by Gasteiger charge is -2.38. The van der Waals surface area contributed by atoms with Crippen LogP contribution < -0.4 is 5.32 Å². The third-order valence-electron chi connectivity index (χ3n) is 2.20. The van der Waals surface area contributed by atoms with Crippen LogP contribution in [-0.4, -0.2) is 37.7 Å². The van der Waals surface area contributed by atoms with E-state index in [4.69, 9.17) is 4.74 Å². The summed E-state index contributed by atoms with van der Waals surface area (Å²) in [6.45, 7) is 5.77. The van der Waals surface area contributed by atoms with E-state index < -0.39 is 11.4 Å². The second-order valence-electron chi connectivity index (χ2n) is 4.77. The number of nitrogens with one attached hydrogen (secondary N) is 1. The first kappa shape index (κ1) is 12.0. The Hall–Kier alpha value is -1.10. The van der Waals surface area contributed by atoms with E-state index in [0.717, 1.165) is 0 Å². The van der Waals surface area contributed by atoms with Crippen LogP contribution in [0.2, 0.25) is 0 Å². The summed E-state index contributed by atoms with van der Waals surface area (Å²) >= 11 is 0. The van der Waals surface area contributed by atoms with Crippen LogP contribution >= 0.6 is 0 Å². The van der Waals surface area contributed by atoms with E-state index in [1.165, 1.54) is 7.11 Å². The molecule has 86 valence electrons. The molecule has 1 rings (SSSR count). The van der Waals surface area contributed by atoms with Gasteiger partial charge in [-0.15, -0.1) is 0 Å². The Morgan fingerprint density at radius 2 is 1.87 bits per heavy atom. The van der Waals surface area contributed by atoms with Gasteiger partial charge in [0.05, 0.1) is 20.3 Å². The number of carbonyl (C=O) groups is 2. The molecule has 1 aliphatic heterocycles. The number of amides is 1. The topological polar surface area (TPSA) is 64.6 Å². The molecule has 0 saturated carbocycles. The molecule has 15 heavy (non-hydrogen) atoms. The van der Waals surface area contributed by atoms with Gasteiger partial charge in [0.2, 0.25) is 5.91 Å². The molecular formula is C10H17NO4. The summed E-state index contributed by atoms with van der Waals surface area (Å²) in [5, 5.41) is 2.76. The summed E-state index contributed by atoms with van der Waals surface area (Å²) < 4.78 is 9.55. The third-order valence-corrected chi connectivity index (χ3v) is 2.20. The van der Waals surface area contributed by atoms with Gasteiger partial charge in [0.15, 0.2) is 5.41 Å². The van der Waals surface area contributed by atoms with Crippen molar-refractivity contribution in [2.45, 2.75) is 26.3 Å². The number of methoxy groups -OCH3 is 1. The Morgan fingerprint density at radius 3 is 2.13 bits per heavy atom. The van der Waals surface area contributed by atoms with E-state index >= 15 is 0 Å². The molecular weight excluding hydrogens is 198 g/mol. The maximum atomic E-state index is 11.9. The molecule has 5 heteroatoms. The third kappa shape index (κ3) is 2.28. The Kier molecular flexibility index (Phi) is 3.04. The molecule has 0 bridgehead atoms. The number of rotatable bonds is 2. The van der Waals surface area contributed by atoms with Crippen LogP contribution in [0.5, 0.6) is 0 Å². The average Bonchev–Trinajstić information content (AvgIpc) is 1.98. The highest BCUT2D eigenvalue weighted by atomic mass is 16.5. The molecule has 0 aromatic heterocycles. The van der Waals surface area contributed by atoms with Crippen molar-refractivity contribution in [1.29, 1.82) is 0 Å². The Balaban J connectivity index is 2.75. The van der Waals surface area contributed by atoms with Crippen LogP contribution in [0, 0.1) is 5.41 Å². The van der Waals surface area contributed by atoms with Crippen molar-refractivity contribution in [1.82, 2.24) is 5.32 Å². The molecule has 1 heterocycles. The second-order valence-corrected chi connectivity index (χ2v) is 4.77. The highest BCUT2D eigenvalue weighted by molar-refractivity contribution is 6.04. The van der Waals surface area contributed by atoms with Crippen molar-refractivity contribution >= 4 is 11.9 Å². The maximum absolute atomic E-state index is 11.9. The zero-order valence-electron chi connectivity index (χ0n) is 9.55. The standard InChI is InChI=1S/C10H17NO4/c1-9(2,3)11-7(12)10(5-15-6-10)8(13)14-4/h5-6H2,1-4H3,(H,11,12). The largest absolute Gasteiger partial charge is 0.468 e. The predicted octanol–water partition coefficient (Wildman–Crippen LogP) is 0.0907. The predicted molar refractivity (Wildman–Crippen MR) is 53.2 cm³/mol. The van der Waals surface area contributed by atoms with Crippen LogP contribution in [0.25, 0.3) is 0 Å². The molecule has 1 amide bonds. The van der Waals surface area contributed by atoms with E-state index in [1.807, 2.05) is 20.8 Å².